The highest BCUT2D eigenvalue weighted by atomic mass is 79.9. The average molecular weight is 441 g/mol. The molecule has 0 aromatic heterocycles. The van der Waals surface area contributed by atoms with Crippen molar-refractivity contribution in [2.24, 2.45) is 5.41 Å². The first-order valence-corrected chi connectivity index (χ1v) is 9.38. The number of methoxy groups -OCH3 is 1. The van der Waals surface area contributed by atoms with Gasteiger partial charge in [0.1, 0.15) is 0 Å². The Balaban J connectivity index is 2.63. The van der Waals surface area contributed by atoms with Crippen LogP contribution in [0.25, 0.3) is 0 Å². The maximum atomic E-state index is 13.2. The van der Waals surface area contributed by atoms with Crippen LogP contribution in [0, 0.1) is 15.5 Å². The van der Waals surface area contributed by atoms with Crippen LogP contribution >= 0.6 is 15.9 Å². The van der Waals surface area contributed by atoms with Crippen molar-refractivity contribution in [3.05, 3.63) is 44.4 Å². The number of carbonyl (C=O) groups is 3. The lowest BCUT2D eigenvalue weighted by Gasteiger charge is -2.31. The van der Waals surface area contributed by atoms with Crippen LogP contribution in [0.5, 0.6) is 0 Å². The molecule has 1 fully saturated rings. The molecular formula is C18H21BrN2O6. The molecule has 1 saturated heterocycles. The van der Waals surface area contributed by atoms with Crippen LogP contribution in [0.4, 0.5) is 0 Å². The number of amides is 2. The highest BCUT2D eigenvalue weighted by Crippen LogP contribution is 2.48. The van der Waals surface area contributed by atoms with Crippen LogP contribution in [0.2, 0.25) is 0 Å². The molecule has 0 spiro atoms. The quantitative estimate of drug-likeness (QED) is 0.202. The molecule has 2 rings (SSSR count). The van der Waals surface area contributed by atoms with Gasteiger partial charge in [-0.25, -0.2) is 0 Å². The number of nitro groups is 1. The predicted octanol–water partition coefficient (Wildman–Crippen LogP) is 2.53. The minimum atomic E-state index is -1.95. The van der Waals surface area contributed by atoms with Crippen LogP contribution < -0.4 is 0 Å². The molecule has 1 heterocycles. The van der Waals surface area contributed by atoms with E-state index in [0.717, 1.165) is 18.4 Å². The Morgan fingerprint density at radius 2 is 2.07 bits per heavy atom. The number of rotatable bonds is 8. The van der Waals surface area contributed by atoms with Crippen molar-refractivity contribution in [3.8, 4) is 0 Å². The molecule has 2 amide bonds. The monoisotopic (exact) mass is 440 g/mol. The molecule has 27 heavy (non-hydrogen) atoms. The van der Waals surface area contributed by atoms with Crippen LogP contribution in [0.3, 0.4) is 0 Å². The van der Waals surface area contributed by atoms with E-state index in [1.807, 2.05) is 6.92 Å². The van der Waals surface area contributed by atoms with E-state index >= 15 is 0 Å². The summed E-state index contributed by atoms with van der Waals surface area (Å²) in [6.07, 6.45) is 0.899. The Bertz CT molecular complexity index is 768. The third-order valence-corrected chi connectivity index (χ3v) is 5.57. The van der Waals surface area contributed by atoms with Gasteiger partial charge in [0.15, 0.2) is 5.41 Å². The second kappa shape index (κ2) is 8.60. The van der Waals surface area contributed by atoms with Crippen molar-refractivity contribution < 1.29 is 24.0 Å². The molecule has 0 bridgehead atoms. The highest BCUT2D eigenvalue weighted by molar-refractivity contribution is 9.10. The lowest BCUT2D eigenvalue weighted by molar-refractivity contribution is -0.485. The van der Waals surface area contributed by atoms with Crippen molar-refractivity contribution in [2.75, 3.05) is 20.2 Å². The van der Waals surface area contributed by atoms with E-state index in [0.29, 0.717) is 16.5 Å². The molecule has 1 aliphatic rings. The van der Waals surface area contributed by atoms with Gasteiger partial charge >= 0.3 is 5.97 Å². The standard InChI is InChI=1S/C18H21BrN2O6/c1-3-4-9-20-15(22)10-18(16(20)23,17(24)27-2)13(11-21(25)26)12-7-5-6-8-14(12)19/h5-8,13H,3-4,9-11H2,1-2H3/t13-,18-/m0/s1. The number of hydrogen-bond donors (Lipinski definition) is 0. The fourth-order valence-corrected chi connectivity index (χ4v) is 4.05. The summed E-state index contributed by atoms with van der Waals surface area (Å²) in [4.78, 5) is 50.4. The smallest absolute Gasteiger partial charge is 0.322 e. The van der Waals surface area contributed by atoms with Gasteiger partial charge in [-0.3, -0.25) is 29.4 Å². The number of ether oxygens (including phenoxy) is 1. The first-order chi connectivity index (χ1) is 12.8. The predicted molar refractivity (Wildman–Crippen MR) is 99.4 cm³/mol. The summed E-state index contributed by atoms with van der Waals surface area (Å²) in [5, 5.41) is 11.4. The number of imide groups is 1. The summed E-state index contributed by atoms with van der Waals surface area (Å²) in [6, 6.07) is 6.66. The van der Waals surface area contributed by atoms with E-state index in [-0.39, 0.29) is 6.54 Å². The van der Waals surface area contributed by atoms with Gasteiger partial charge in [-0.1, -0.05) is 47.5 Å². The Kier molecular flexibility index (Phi) is 6.69. The number of unbranched alkanes of at least 4 members (excludes halogenated alkanes) is 1. The summed E-state index contributed by atoms with van der Waals surface area (Å²) in [5.74, 6) is -3.31. The average Bonchev–Trinajstić information content (AvgIpc) is 2.89. The highest BCUT2D eigenvalue weighted by Gasteiger charge is 2.63. The van der Waals surface area contributed by atoms with E-state index in [2.05, 4.69) is 15.9 Å². The fourth-order valence-electron chi connectivity index (χ4n) is 3.49. The lowest BCUT2D eigenvalue weighted by atomic mass is 9.70. The maximum absolute atomic E-state index is 13.2. The second-order valence-corrected chi connectivity index (χ2v) is 7.29. The van der Waals surface area contributed by atoms with Crippen LogP contribution in [0.15, 0.2) is 28.7 Å². The van der Waals surface area contributed by atoms with Crippen molar-refractivity contribution in [3.63, 3.8) is 0 Å². The van der Waals surface area contributed by atoms with Crippen molar-refractivity contribution >= 4 is 33.7 Å². The lowest BCUT2D eigenvalue weighted by Crippen LogP contribution is -2.48. The number of hydrogen-bond acceptors (Lipinski definition) is 6. The Morgan fingerprint density at radius 1 is 1.41 bits per heavy atom. The molecule has 0 unspecified atom stereocenters. The van der Waals surface area contributed by atoms with E-state index in [9.17, 15) is 24.5 Å². The molecule has 1 aromatic rings. The van der Waals surface area contributed by atoms with Crippen LogP contribution in [-0.2, 0) is 19.1 Å². The fraction of sp³-hybridized carbons (Fsp3) is 0.500. The second-order valence-electron chi connectivity index (χ2n) is 6.43. The minimum Gasteiger partial charge on any atom is -0.468 e. The van der Waals surface area contributed by atoms with E-state index in [1.54, 1.807) is 24.3 Å². The molecule has 0 radical (unpaired) electrons. The van der Waals surface area contributed by atoms with Gasteiger partial charge in [0.25, 0.3) is 0 Å². The molecular weight excluding hydrogens is 420 g/mol. The van der Waals surface area contributed by atoms with E-state index in [1.165, 1.54) is 0 Å². The van der Waals surface area contributed by atoms with Crippen molar-refractivity contribution in [2.45, 2.75) is 32.1 Å². The van der Waals surface area contributed by atoms with E-state index in [4.69, 9.17) is 4.74 Å². The van der Waals surface area contributed by atoms with Gasteiger partial charge < -0.3 is 4.74 Å². The van der Waals surface area contributed by atoms with Crippen LogP contribution in [0.1, 0.15) is 37.7 Å². The largest absolute Gasteiger partial charge is 0.468 e. The van der Waals surface area contributed by atoms with Gasteiger partial charge in [0.05, 0.1) is 19.4 Å². The first kappa shape index (κ1) is 21.0. The minimum absolute atomic E-state index is 0.175. The Labute approximate surface area is 165 Å². The normalized spacial score (nSPS) is 20.6. The maximum Gasteiger partial charge on any atom is 0.322 e. The molecule has 0 aliphatic carbocycles. The van der Waals surface area contributed by atoms with Gasteiger partial charge in [0.2, 0.25) is 18.4 Å². The SMILES string of the molecule is CCCCN1C(=O)C[C@](C(=O)OC)([C@@H](C[N+](=O)[O-])c2ccccc2Br)C1=O. The summed E-state index contributed by atoms with van der Waals surface area (Å²) >= 11 is 3.34. The number of halogens is 1. The third kappa shape index (κ3) is 3.87. The molecule has 0 N–H and O–H groups in total. The van der Waals surface area contributed by atoms with Gasteiger partial charge in [-0.05, 0) is 18.1 Å². The number of benzene rings is 1. The van der Waals surface area contributed by atoms with Crippen LogP contribution in [-0.4, -0.2) is 47.8 Å². The Morgan fingerprint density at radius 3 is 2.63 bits per heavy atom. The number of carbonyl (C=O) groups excluding carboxylic acids is 3. The van der Waals surface area contributed by atoms with Crippen molar-refractivity contribution in [1.29, 1.82) is 0 Å². The zero-order chi connectivity index (χ0) is 20.2. The summed E-state index contributed by atoms with van der Waals surface area (Å²) in [5.41, 5.74) is -1.53. The first-order valence-electron chi connectivity index (χ1n) is 8.59. The molecule has 1 aliphatic heterocycles. The van der Waals surface area contributed by atoms with Gasteiger partial charge in [-0.2, -0.15) is 0 Å². The zero-order valence-electron chi connectivity index (χ0n) is 15.1. The zero-order valence-corrected chi connectivity index (χ0v) is 16.7. The molecule has 1 aromatic carbocycles. The number of esters is 1. The third-order valence-electron chi connectivity index (χ3n) is 4.85. The van der Waals surface area contributed by atoms with Gasteiger partial charge in [-0.15, -0.1) is 0 Å². The molecule has 9 heteroatoms. The topological polar surface area (TPSA) is 107 Å². The molecule has 8 nitrogen and oxygen atoms in total. The molecule has 0 saturated carbocycles. The molecule has 2 atom stereocenters. The summed E-state index contributed by atoms with van der Waals surface area (Å²) in [6.45, 7) is 1.40. The number of likely N-dealkylation sites (tertiary alicyclic amines) is 1. The van der Waals surface area contributed by atoms with Gasteiger partial charge in [0, 0.05) is 15.9 Å². The van der Waals surface area contributed by atoms with Crippen molar-refractivity contribution in [1.82, 2.24) is 4.90 Å². The summed E-state index contributed by atoms with van der Waals surface area (Å²) in [7, 11) is 1.11. The number of nitrogens with zero attached hydrogens (tertiary/aromatic N) is 2. The molecule has 146 valence electrons. The van der Waals surface area contributed by atoms with E-state index < -0.39 is 47.0 Å². The summed E-state index contributed by atoms with van der Waals surface area (Å²) < 4.78 is 5.38. The Hall–Kier alpha value is -2.29.